The fourth-order valence-corrected chi connectivity index (χ4v) is 3.23. The van der Waals surface area contributed by atoms with Gasteiger partial charge in [0, 0.05) is 22.8 Å². The van der Waals surface area contributed by atoms with Crippen LogP contribution >= 0.6 is 22.6 Å². The molecule has 0 unspecified atom stereocenters. The molecule has 2 N–H and O–H groups in total. The number of amides is 1. The number of aromatic amines is 1. The van der Waals surface area contributed by atoms with Gasteiger partial charge in [-0.2, -0.15) is 0 Å². The van der Waals surface area contributed by atoms with Gasteiger partial charge >= 0.3 is 0 Å². The number of aromatic nitrogens is 2. The lowest BCUT2D eigenvalue weighted by Gasteiger charge is -2.09. The Labute approximate surface area is 141 Å². The number of hydrogen-bond donors (Lipinski definition) is 2. The van der Waals surface area contributed by atoms with E-state index in [2.05, 4.69) is 50.5 Å². The number of aryl methyl sites for hydroxylation is 1. The van der Waals surface area contributed by atoms with Crippen molar-refractivity contribution in [3.63, 3.8) is 0 Å². The second-order valence-corrected chi connectivity index (χ2v) is 6.02. The Bertz CT molecular complexity index is 883. The van der Waals surface area contributed by atoms with Crippen molar-refractivity contribution in [2.24, 2.45) is 0 Å². The minimum absolute atomic E-state index is 0.212. The Kier molecular flexibility index (Phi) is 3.98. The number of rotatable bonds is 3. The number of carbonyl (C=O) groups is 1. The van der Waals surface area contributed by atoms with E-state index < -0.39 is 0 Å². The van der Waals surface area contributed by atoms with E-state index in [0.717, 1.165) is 37.1 Å². The molecular weight excluding hydrogens is 389 g/mol. The first-order valence-electron chi connectivity index (χ1n) is 6.77. The average molecular weight is 403 g/mol. The lowest BCUT2D eigenvalue weighted by Crippen LogP contribution is -2.08. The fraction of sp³-hybridized carbons (Fsp3) is 0.0588. The van der Waals surface area contributed by atoms with Crippen molar-refractivity contribution in [1.29, 1.82) is 0 Å². The van der Waals surface area contributed by atoms with Crippen LogP contribution in [0, 0.1) is 10.6 Å². The van der Waals surface area contributed by atoms with E-state index >= 15 is 0 Å². The number of nitrogens with zero attached hydrogens (tertiary/aromatic N) is 1. The summed E-state index contributed by atoms with van der Waals surface area (Å²) < 4.78 is 1.02. The van der Waals surface area contributed by atoms with Gasteiger partial charge in [-0.15, -0.1) is 0 Å². The van der Waals surface area contributed by atoms with Crippen LogP contribution in [-0.2, 0) is 4.79 Å². The number of H-pyrrole nitrogens is 1. The Hall–Kier alpha value is -2.15. The van der Waals surface area contributed by atoms with Crippen molar-refractivity contribution < 1.29 is 4.79 Å². The van der Waals surface area contributed by atoms with Gasteiger partial charge in [-0.25, -0.2) is 4.98 Å². The molecule has 3 rings (SSSR count). The lowest BCUT2D eigenvalue weighted by atomic mass is 10.0. The third kappa shape index (κ3) is 2.64. The van der Waals surface area contributed by atoms with E-state index in [-0.39, 0.29) is 5.91 Å². The van der Waals surface area contributed by atoms with Gasteiger partial charge in [-0.1, -0.05) is 18.7 Å². The SMILES string of the molecule is C=CC(=O)Nc1cc(-c2c(I)[nH]c3ncccc23)ccc1C. The van der Waals surface area contributed by atoms with Crippen molar-refractivity contribution in [3.8, 4) is 11.1 Å². The molecule has 5 heteroatoms. The minimum atomic E-state index is -0.212. The number of benzene rings is 1. The van der Waals surface area contributed by atoms with Crippen LogP contribution in [0.15, 0.2) is 49.2 Å². The van der Waals surface area contributed by atoms with E-state index in [1.807, 2.05) is 31.2 Å². The van der Waals surface area contributed by atoms with E-state index in [1.54, 1.807) is 6.20 Å². The first-order chi connectivity index (χ1) is 10.6. The molecule has 0 saturated carbocycles. The zero-order valence-electron chi connectivity index (χ0n) is 12.0. The second kappa shape index (κ2) is 5.92. The third-order valence-electron chi connectivity index (χ3n) is 3.49. The molecule has 0 radical (unpaired) electrons. The molecule has 1 aromatic carbocycles. The highest BCUT2D eigenvalue weighted by atomic mass is 127. The van der Waals surface area contributed by atoms with Gasteiger partial charge in [-0.3, -0.25) is 4.79 Å². The summed E-state index contributed by atoms with van der Waals surface area (Å²) in [5.74, 6) is -0.212. The van der Waals surface area contributed by atoms with Crippen LogP contribution in [0.4, 0.5) is 5.69 Å². The summed E-state index contributed by atoms with van der Waals surface area (Å²) in [6.07, 6.45) is 3.04. The van der Waals surface area contributed by atoms with Crippen molar-refractivity contribution in [2.75, 3.05) is 5.32 Å². The van der Waals surface area contributed by atoms with Crippen molar-refractivity contribution in [2.45, 2.75) is 6.92 Å². The number of halogens is 1. The molecule has 0 aliphatic rings. The highest BCUT2D eigenvalue weighted by molar-refractivity contribution is 14.1. The van der Waals surface area contributed by atoms with Gasteiger partial charge in [0.25, 0.3) is 0 Å². The average Bonchev–Trinajstić information content (AvgIpc) is 2.85. The van der Waals surface area contributed by atoms with Gasteiger partial charge in [0.2, 0.25) is 5.91 Å². The zero-order valence-corrected chi connectivity index (χ0v) is 14.1. The number of pyridine rings is 1. The third-order valence-corrected chi connectivity index (χ3v) is 4.30. The zero-order chi connectivity index (χ0) is 15.7. The molecule has 2 heterocycles. The Balaban J connectivity index is 2.15. The number of fused-ring (bicyclic) bond motifs is 1. The van der Waals surface area contributed by atoms with Crippen molar-refractivity contribution in [1.82, 2.24) is 9.97 Å². The topological polar surface area (TPSA) is 57.8 Å². The highest BCUT2D eigenvalue weighted by Gasteiger charge is 2.13. The molecule has 0 bridgehead atoms. The maximum atomic E-state index is 11.6. The Morgan fingerprint density at radius 2 is 2.23 bits per heavy atom. The summed E-state index contributed by atoms with van der Waals surface area (Å²) in [7, 11) is 0. The summed E-state index contributed by atoms with van der Waals surface area (Å²) in [4.78, 5) is 19.2. The number of carbonyl (C=O) groups excluding carboxylic acids is 1. The molecule has 22 heavy (non-hydrogen) atoms. The van der Waals surface area contributed by atoms with Crippen LogP contribution in [0.25, 0.3) is 22.2 Å². The smallest absolute Gasteiger partial charge is 0.247 e. The standard InChI is InChI=1S/C17H14IN3O/c1-3-14(22)20-13-9-11(7-6-10(13)2)15-12-5-4-8-19-17(12)21-16(15)18/h3-9H,1H2,2H3,(H,19,21)(H,20,22). The van der Waals surface area contributed by atoms with Crippen LogP contribution in [-0.4, -0.2) is 15.9 Å². The quantitative estimate of drug-likeness (QED) is 0.507. The van der Waals surface area contributed by atoms with E-state index in [0.29, 0.717) is 0 Å². The Morgan fingerprint density at radius 1 is 1.41 bits per heavy atom. The van der Waals surface area contributed by atoms with Crippen LogP contribution in [0.2, 0.25) is 0 Å². The van der Waals surface area contributed by atoms with E-state index in [4.69, 9.17) is 0 Å². The van der Waals surface area contributed by atoms with Crippen LogP contribution in [0.1, 0.15) is 5.56 Å². The molecule has 0 atom stereocenters. The molecule has 1 amide bonds. The van der Waals surface area contributed by atoms with Gasteiger partial charge in [-0.05, 0) is 64.9 Å². The molecule has 110 valence electrons. The number of nitrogens with one attached hydrogen (secondary N) is 2. The summed E-state index contributed by atoms with van der Waals surface area (Å²) in [5.41, 5.74) is 4.79. The molecule has 2 aromatic heterocycles. The molecule has 0 aliphatic carbocycles. The van der Waals surface area contributed by atoms with E-state index in [1.165, 1.54) is 6.08 Å². The van der Waals surface area contributed by atoms with Crippen LogP contribution < -0.4 is 5.32 Å². The molecule has 0 saturated heterocycles. The monoisotopic (exact) mass is 403 g/mol. The van der Waals surface area contributed by atoms with Crippen LogP contribution in [0.3, 0.4) is 0 Å². The summed E-state index contributed by atoms with van der Waals surface area (Å²) in [5, 5.41) is 3.91. The summed E-state index contributed by atoms with van der Waals surface area (Å²) >= 11 is 2.27. The molecule has 3 aromatic rings. The summed E-state index contributed by atoms with van der Waals surface area (Å²) in [6.45, 7) is 5.45. The molecule has 0 fully saturated rings. The predicted molar refractivity (Wildman–Crippen MR) is 97.8 cm³/mol. The molecule has 4 nitrogen and oxygen atoms in total. The van der Waals surface area contributed by atoms with Crippen molar-refractivity contribution in [3.05, 3.63) is 58.4 Å². The maximum absolute atomic E-state index is 11.6. The normalized spacial score (nSPS) is 10.6. The number of hydrogen-bond acceptors (Lipinski definition) is 2. The van der Waals surface area contributed by atoms with Crippen molar-refractivity contribution >= 4 is 45.2 Å². The fourth-order valence-electron chi connectivity index (χ4n) is 2.37. The predicted octanol–water partition coefficient (Wildman–Crippen LogP) is 4.27. The first-order valence-corrected chi connectivity index (χ1v) is 7.84. The largest absolute Gasteiger partial charge is 0.334 e. The summed E-state index contributed by atoms with van der Waals surface area (Å²) in [6, 6.07) is 9.99. The first kappa shape index (κ1) is 14.8. The molecule has 0 spiro atoms. The van der Waals surface area contributed by atoms with Gasteiger partial charge in [0.05, 0.1) is 3.70 Å². The van der Waals surface area contributed by atoms with Crippen LogP contribution in [0.5, 0.6) is 0 Å². The Morgan fingerprint density at radius 3 is 3.00 bits per heavy atom. The van der Waals surface area contributed by atoms with Gasteiger partial charge < -0.3 is 10.3 Å². The second-order valence-electron chi connectivity index (χ2n) is 4.94. The van der Waals surface area contributed by atoms with Gasteiger partial charge in [0.15, 0.2) is 0 Å². The van der Waals surface area contributed by atoms with Gasteiger partial charge in [0.1, 0.15) is 5.65 Å². The highest BCUT2D eigenvalue weighted by Crippen LogP contribution is 2.34. The van der Waals surface area contributed by atoms with E-state index in [9.17, 15) is 4.79 Å². The minimum Gasteiger partial charge on any atom is -0.334 e. The molecule has 0 aliphatic heterocycles. The maximum Gasteiger partial charge on any atom is 0.247 e. The number of anilines is 1. The lowest BCUT2D eigenvalue weighted by molar-refractivity contribution is -0.111. The molecular formula is C17H14IN3O.